The fourth-order valence-corrected chi connectivity index (χ4v) is 0.875. The van der Waals surface area contributed by atoms with Crippen molar-refractivity contribution in [2.24, 2.45) is 0 Å². The van der Waals surface area contributed by atoms with Gasteiger partial charge in [-0.25, -0.2) is 4.79 Å². The van der Waals surface area contributed by atoms with E-state index in [9.17, 15) is 4.79 Å². The van der Waals surface area contributed by atoms with Crippen LogP contribution < -0.4 is 0 Å². The number of nitrogens with zero attached hydrogens (tertiary/aromatic N) is 2. The van der Waals surface area contributed by atoms with E-state index in [1.807, 2.05) is 0 Å². The number of aromatic nitrogens is 2. The fraction of sp³-hybridized carbons (Fsp3) is 0.286. The van der Waals surface area contributed by atoms with Crippen LogP contribution in [0.1, 0.15) is 11.8 Å². The van der Waals surface area contributed by atoms with Gasteiger partial charge in [0, 0.05) is 5.92 Å². The summed E-state index contributed by atoms with van der Waals surface area (Å²) in [4.78, 5) is 11.4. The monoisotopic (exact) mass is 182 g/mol. The molecule has 1 rings (SSSR count). The molecule has 0 saturated heterocycles. The molecule has 0 amide bonds. The molecule has 0 aliphatic rings. The van der Waals surface area contributed by atoms with Gasteiger partial charge in [0.05, 0.1) is 12.8 Å². The first-order chi connectivity index (χ1) is 5.83. The van der Waals surface area contributed by atoms with Crippen molar-refractivity contribution in [1.82, 2.24) is 9.59 Å². The number of esters is 1. The molecule has 0 aliphatic heterocycles. The van der Waals surface area contributed by atoms with E-state index >= 15 is 0 Å². The Hall–Kier alpha value is -1.41. The van der Waals surface area contributed by atoms with Crippen LogP contribution in [0, 0.1) is 11.8 Å². The average Bonchev–Trinajstić information content (AvgIpc) is 2.53. The highest BCUT2D eigenvalue weighted by atomic mass is 32.1. The standard InChI is InChI=1S/C7H6N2O2S/c1-2-11-7(10)4-3-6-5-8-9-12-6/h5H,2H2,1H3. The smallest absolute Gasteiger partial charge is 0.384 e. The molecule has 0 fully saturated rings. The van der Waals surface area contributed by atoms with E-state index in [-0.39, 0.29) is 0 Å². The molecule has 62 valence electrons. The maximum absolute atomic E-state index is 10.7. The van der Waals surface area contributed by atoms with Gasteiger partial charge >= 0.3 is 5.97 Å². The zero-order valence-corrected chi connectivity index (χ0v) is 7.22. The highest BCUT2D eigenvalue weighted by Gasteiger charge is 1.93. The zero-order valence-electron chi connectivity index (χ0n) is 6.40. The Kier molecular flexibility index (Phi) is 3.23. The molecule has 0 unspecified atom stereocenters. The molecule has 4 nitrogen and oxygen atoms in total. The molecule has 0 N–H and O–H groups in total. The molecule has 1 aromatic heterocycles. The van der Waals surface area contributed by atoms with Crippen molar-refractivity contribution in [3.8, 4) is 11.8 Å². The Morgan fingerprint density at radius 1 is 1.83 bits per heavy atom. The van der Waals surface area contributed by atoms with E-state index in [2.05, 4.69) is 26.2 Å². The lowest BCUT2D eigenvalue weighted by Gasteiger charge is -1.89. The molecule has 0 saturated carbocycles. The summed E-state index contributed by atoms with van der Waals surface area (Å²) >= 11 is 1.14. The topological polar surface area (TPSA) is 52.1 Å². The molecular formula is C7H6N2O2S. The van der Waals surface area contributed by atoms with Crippen LogP contribution >= 0.6 is 11.5 Å². The average molecular weight is 182 g/mol. The Bertz CT molecular complexity index is 310. The summed E-state index contributed by atoms with van der Waals surface area (Å²) in [5.41, 5.74) is 0. The van der Waals surface area contributed by atoms with Gasteiger partial charge in [-0.15, -0.1) is 5.10 Å². The highest BCUT2D eigenvalue weighted by molar-refractivity contribution is 7.06. The summed E-state index contributed by atoms with van der Waals surface area (Å²) in [6.07, 6.45) is 1.50. The van der Waals surface area contributed by atoms with E-state index < -0.39 is 5.97 Å². The number of carbonyl (C=O) groups is 1. The minimum absolute atomic E-state index is 0.342. The molecule has 0 atom stereocenters. The third kappa shape index (κ3) is 2.68. The minimum Gasteiger partial charge on any atom is -0.456 e. The van der Waals surface area contributed by atoms with Crippen LogP contribution in [0.4, 0.5) is 0 Å². The van der Waals surface area contributed by atoms with E-state index in [1.165, 1.54) is 6.20 Å². The van der Waals surface area contributed by atoms with Crippen molar-refractivity contribution in [3.63, 3.8) is 0 Å². The van der Waals surface area contributed by atoms with Crippen molar-refractivity contribution in [3.05, 3.63) is 11.1 Å². The lowest BCUT2D eigenvalue weighted by molar-refractivity contribution is -0.136. The van der Waals surface area contributed by atoms with Crippen LogP contribution in [0.2, 0.25) is 0 Å². The van der Waals surface area contributed by atoms with Gasteiger partial charge in [-0.2, -0.15) is 0 Å². The van der Waals surface area contributed by atoms with Crippen molar-refractivity contribution in [2.45, 2.75) is 6.92 Å². The second-order valence-corrected chi connectivity index (χ2v) is 2.54. The van der Waals surface area contributed by atoms with Crippen LogP contribution in [0.5, 0.6) is 0 Å². The molecule has 0 spiro atoms. The molecular weight excluding hydrogens is 176 g/mol. The Morgan fingerprint density at radius 3 is 3.25 bits per heavy atom. The van der Waals surface area contributed by atoms with Crippen molar-refractivity contribution < 1.29 is 9.53 Å². The first-order valence-corrected chi connectivity index (χ1v) is 4.06. The normalized spacial score (nSPS) is 8.42. The van der Waals surface area contributed by atoms with Gasteiger partial charge in [-0.1, -0.05) is 4.49 Å². The van der Waals surface area contributed by atoms with E-state index in [1.54, 1.807) is 6.92 Å². The maximum Gasteiger partial charge on any atom is 0.384 e. The zero-order chi connectivity index (χ0) is 8.81. The second-order valence-electron chi connectivity index (χ2n) is 1.75. The Balaban J connectivity index is 2.54. The van der Waals surface area contributed by atoms with E-state index in [4.69, 9.17) is 0 Å². The van der Waals surface area contributed by atoms with Crippen molar-refractivity contribution in [1.29, 1.82) is 0 Å². The third-order valence-corrected chi connectivity index (χ3v) is 1.50. The van der Waals surface area contributed by atoms with Gasteiger partial charge < -0.3 is 4.74 Å². The number of hydrogen-bond donors (Lipinski definition) is 0. The van der Waals surface area contributed by atoms with Gasteiger partial charge in [-0.3, -0.25) is 0 Å². The van der Waals surface area contributed by atoms with Crippen molar-refractivity contribution in [2.75, 3.05) is 6.61 Å². The first-order valence-electron chi connectivity index (χ1n) is 3.29. The molecule has 5 heteroatoms. The van der Waals surface area contributed by atoms with Crippen LogP contribution in [0.3, 0.4) is 0 Å². The summed E-state index contributed by atoms with van der Waals surface area (Å²) in [7, 11) is 0. The predicted molar refractivity (Wildman–Crippen MR) is 43.4 cm³/mol. The predicted octanol–water partition coefficient (Wildman–Crippen LogP) is 0.453. The molecule has 0 aliphatic carbocycles. The summed E-state index contributed by atoms with van der Waals surface area (Å²) in [5.74, 6) is 4.36. The number of ether oxygens (including phenoxy) is 1. The van der Waals surface area contributed by atoms with Crippen LogP contribution in [0.15, 0.2) is 6.20 Å². The molecule has 1 aromatic rings. The van der Waals surface area contributed by atoms with E-state index in [0.717, 1.165) is 11.5 Å². The second kappa shape index (κ2) is 4.46. The quantitative estimate of drug-likeness (QED) is 0.467. The summed E-state index contributed by atoms with van der Waals surface area (Å²) in [6, 6.07) is 0. The molecule has 12 heavy (non-hydrogen) atoms. The fourth-order valence-electron chi connectivity index (χ4n) is 0.502. The molecule has 0 bridgehead atoms. The number of carbonyl (C=O) groups excluding carboxylic acids is 1. The van der Waals surface area contributed by atoms with Gasteiger partial charge in [0.1, 0.15) is 4.88 Å². The largest absolute Gasteiger partial charge is 0.456 e. The molecule has 1 heterocycles. The Labute approximate surface area is 73.7 Å². The van der Waals surface area contributed by atoms with Crippen molar-refractivity contribution >= 4 is 17.5 Å². The van der Waals surface area contributed by atoms with Crippen LogP contribution in [-0.4, -0.2) is 22.2 Å². The van der Waals surface area contributed by atoms with Gasteiger partial charge in [0.2, 0.25) is 0 Å². The van der Waals surface area contributed by atoms with Gasteiger partial charge in [0.25, 0.3) is 0 Å². The summed E-state index contributed by atoms with van der Waals surface area (Å²) in [5, 5.41) is 3.56. The SMILES string of the molecule is CCOC(=O)C#Cc1cnns1. The lowest BCUT2D eigenvalue weighted by atomic mass is 10.5. The summed E-state index contributed by atoms with van der Waals surface area (Å²) < 4.78 is 8.17. The van der Waals surface area contributed by atoms with Crippen LogP contribution in [-0.2, 0) is 9.53 Å². The number of hydrogen-bond acceptors (Lipinski definition) is 5. The first kappa shape index (κ1) is 8.68. The van der Waals surface area contributed by atoms with E-state index in [0.29, 0.717) is 11.5 Å². The van der Waals surface area contributed by atoms with Gasteiger partial charge in [0.15, 0.2) is 0 Å². The maximum atomic E-state index is 10.7. The lowest BCUT2D eigenvalue weighted by Crippen LogP contribution is -1.99. The Morgan fingerprint density at radius 2 is 2.67 bits per heavy atom. The molecule has 0 radical (unpaired) electrons. The summed E-state index contributed by atoms with van der Waals surface area (Å²) in [6.45, 7) is 2.07. The minimum atomic E-state index is -0.522. The number of rotatable bonds is 1. The third-order valence-electron chi connectivity index (χ3n) is 0.924. The highest BCUT2D eigenvalue weighted by Crippen LogP contribution is 1.97. The van der Waals surface area contributed by atoms with Gasteiger partial charge in [-0.05, 0) is 24.4 Å². The molecule has 0 aromatic carbocycles. The van der Waals surface area contributed by atoms with Crippen LogP contribution in [0.25, 0.3) is 0 Å².